The summed E-state index contributed by atoms with van der Waals surface area (Å²) in [6.45, 7) is 12.9. The van der Waals surface area contributed by atoms with E-state index in [1.807, 2.05) is 49.4 Å². The normalized spacial score (nSPS) is 12.5. The van der Waals surface area contributed by atoms with E-state index in [4.69, 9.17) is 28.4 Å². The first-order valence-corrected chi connectivity index (χ1v) is 12.6. The molecule has 0 N–H and O–H groups in total. The van der Waals surface area contributed by atoms with Gasteiger partial charge in [0.05, 0.1) is 13.2 Å². The molecule has 2 unspecified atom stereocenters. The van der Waals surface area contributed by atoms with Crippen LogP contribution in [0.4, 0.5) is 0 Å². The second-order valence-electron chi connectivity index (χ2n) is 9.40. The highest BCUT2D eigenvalue weighted by atomic mass is 16.6. The van der Waals surface area contributed by atoms with E-state index in [9.17, 15) is 9.59 Å². The number of carbonyl (C=O) groups is 2. The summed E-state index contributed by atoms with van der Waals surface area (Å²) in [6, 6.07) is 13.7. The summed E-state index contributed by atoms with van der Waals surface area (Å²) in [4.78, 5) is 24.3. The van der Waals surface area contributed by atoms with E-state index in [0.29, 0.717) is 22.6 Å². The highest BCUT2D eigenvalue weighted by Gasteiger charge is 2.22. The minimum atomic E-state index is -0.633. The molecule has 0 fully saturated rings. The Hall–Kier alpha value is -3.88. The number of aryl methyl sites for hydroxylation is 1. The molecule has 0 bridgehead atoms. The summed E-state index contributed by atoms with van der Waals surface area (Å²) in [5.41, 5.74) is 1.62. The molecule has 0 amide bonds. The highest BCUT2D eigenvalue weighted by molar-refractivity contribution is 6.11. The van der Waals surface area contributed by atoms with Gasteiger partial charge in [-0.15, -0.1) is 0 Å². The fraction of sp³-hybridized carbons (Fsp3) is 0.355. The van der Waals surface area contributed by atoms with Crippen LogP contribution in [-0.2, 0) is 28.5 Å². The molecule has 0 saturated carbocycles. The lowest BCUT2D eigenvalue weighted by molar-refractivity contribution is -0.149. The molecule has 39 heavy (non-hydrogen) atoms. The number of rotatable bonds is 14. The van der Waals surface area contributed by atoms with E-state index >= 15 is 0 Å². The molecule has 3 aromatic rings. The summed E-state index contributed by atoms with van der Waals surface area (Å²) >= 11 is 0. The van der Waals surface area contributed by atoms with E-state index < -0.39 is 24.1 Å². The lowest BCUT2D eigenvalue weighted by atomic mass is 9.99. The van der Waals surface area contributed by atoms with Gasteiger partial charge in [0, 0.05) is 46.9 Å². The number of ether oxygens (including phenoxy) is 6. The maximum Gasteiger partial charge on any atom is 0.333 e. The van der Waals surface area contributed by atoms with Crippen molar-refractivity contribution in [3.63, 3.8) is 0 Å². The lowest BCUT2D eigenvalue weighted by Crippen LogP contribution is -2.30. The quantitative estimate of drug-likeness (QED) is 0.155. The molecule has 208 valence electrons. The number of benzene rings is 3. The SMILES string of the molecule is C=C(C)C(=O)OC(COC)COc1c2ccccc2c(OCC(COC)OC(=O)C(=C)C)c2cc(C)ccc12. The summed E-state index contributed by atoms with van der Waals surface area (Å²) in [6.07, 6.45) is -1.27. The van der Waals surface area contributed by atoms with Crippen LogP contribution in [0.5, 0.6) is 11.5 Å². The molecule has 3 aromatic carbocycles. The third kappa shape index (κ3) is 7.59. The number of methoxy groups -OCH3 is 2. The molecule has 0 spiro atoms. The van der Waals surface area contributed by atoms with E-state index in [1.165, 1.54) is 14.2 Å². The van der Waals surface area contributed by atoms with E-state index in [2.05, 4.69) is 13.2 Å². The van der Waals surface area contributed by atoms with Crippen LogP contribution in [-0.4, -0.2) is 64.8 Å². The minimum absolute atomic E-state index is 0.0762. The zero-order chi connectivity index (χ0) is 28.5. The van der Waals surface area contributed by atoms with E-state index in [0.717, 1.165) is 27.1 Å². The lowest BCUT2D eigenvalue weighted by Gasteiger charge is -2.22. The third-order valence-corrected chi connectivity index (χ3v) is 5.86. The van der Waals surface area contributed by atoms with Crippen molar-refractivity contribution in [2.75, 3.05) is 40.6 Å². The minimum Gasteiger partial charge on any atom is -0.488 e. The Morgan fingerprint density at radius 3 is 1.56 bits per heavy atom. The number of hydrogen-bond donors (Lipinski definition) is 0. The Bertz CT molecular complexity index is 1360. The third-order valence-electron chi connectivity index (χ3n) is 5.86. The Morgan fingerprint density at radius 2 is 1.13 bits per heavy atom. The molecule has 8 nitrogen and oxygen atoms in total. The highest BCUT2D eigenvalue weighted by Crippen LogP contribution is 2.43. The van der Waals surface area contributed by atoms with Crippen LogP contribution in [0, 0.1) is 6.92 Å². The van der Waals surface area contributed by atoms with Crippen molar-refractivity contribution in [2.24, 2.45) is 0 Å². The van der Waals surface area contributed by atoms with Crippen LogP contribution in [0.2, 0.25) is 0 Å². The van der Waals surface area contributed by atoms with Gasteiger partial charge in [-0.25, -0.2) is 9.59 Å². The van der Waals surface area contributed by atoms with Crippen molar-refractivity contribution >= 4 is 33.5 Å². The van der Waals surface area contributed by atoms with E-state index in [1.54, 1.807) is 13.8 Å². The van der Waals surface area contributed by atoms with Gasteiger partial charge in [0.25, 0.3) is 0 Å². The van der Waals surface area contributed by atoms with Crippen LogP contribution in [0.25, 0.3) is 21.5 Å². The van der Waals surface area contributed by atoms with Gasteiger partial charge in [0.15, 0.2) is 12.2 Å². The van der Waals surface area contributed by atoms with Crippen molar-refractivity contribution in [2.45, 2.75) is 33.0 Å². The van der Waals surface area contributed by atoms with Crippen molar-refractivity contribution in [1.29, 1.82) is 0 Å². The molecular weight excluding hydrogens is 500 g/mol. The van der Waals surface area contributed by atoms with Crippen LogP contribution < -0.4 is 9.47 Å². The molecule has 0 heterocycles. The Balaban J connectivity index is 2.02. The molecule has 0 aliphatic carbocycles. The Morgan fingerprint density at radius 1 is 0.692 bits per heavy atom. The van der Waals surface area contributed by atoms with Gasteiger partial charge in [-0.05, 0) is 26.8 Å². The van der Waals surface area contributed by atoms with Crippen LogP contribution in [0.15, 0.2) is 66.8 Å². The summed E-state index contributed by atoms with van der Waals surface area (Å²) in [5.74, 6) is 0.245. The molecule has 0 aliphatic rings. The Labute approximate surface area is 229 Å². The van der Waals surface area contributed by atoms with Gasteiger partial charge < -0.3 is 28.4 Å². The average molecular weight is 537 g/mol. The summed E-state index contributed by atoms with van der Waals surface area (Å²) < 4.78 is 34.2. The molecular formula is C31H36O8. The van der Waals surface area contributed by atoms with Crippen molar-refractivity contribution in [3.8, 4) is 11.5 Å². The Kier molecular flexibility index (Phi) is 10.5. The summed E-state index contributed by atoms with van der Waals surface area (Å²) in [5, 5.41) is 3.27. The molecule has 0 aromatic heterocycles. The largest absolute Gasteiger partial charge is 0.488 e. The van der Waals surface area contributed by atoms with Crippen molar-refractivity contribution in [3.05, 3.63) is 72.3 Å². The fourth-order valence-electron chi connectivity index (χ4n) is 3.98. The second kappa shape index (κ2) is 13.8. The number of hydrogen-bond acceptors (Lipinski definition) is 8. The predicted molar refractivity (Wildman–Crippen MR) is 150 cm³/mol. The second-order valence-corrected chi connectivity index (χ2v) is 9.40. The van der Waals surface area contributed by atoms with Crippen LogP contribution >= 0.6 is 0 Å². The maximum absolute atomic E-state index is 12.1. The van der Waals surface area contributed by atoms with Crippen LogP contribution in [0.1, 0.15) is 19.4 Å². The fourth-order valence-corrected chi connectivity index (χ4v) is 3.98. The van der Waals surface area contributed by atoms with E-state index in [-0.39, 0.29) is 26.4 Å². The molecule has 0 aliphatic heterocycles. The standard InChI is InChI=1S/C31H36O8/c1-19(2)30(32)38-22(15-34-6)17-36-28-24-10-8-9-11-25(24)29(27-14-21(5)12-13-26(27)28)37-18-23(16-35-7)39-31(33)20(3)4/h8-14,22-23H,1,3,15-18H2,2,4-7H3. The maximum atomic E-state index is 12.1. The first-order chi connectivity index (χ1) is 18.7. The van der Waals surface area contributed by atoms with Gasteiger partial charge in [-0.1, -0.05) is 55.1 Å². The smallest absolute Gasteiger partial charge is 0.333 e. The topological polar surface area (TPSA) is 89.5 Å². The van der Waals surface area contributed by atoms with Gasteiger partial charge in [0.1, 0.15) is 24.7 Å². The van der Waals surface area contributed by atoms with Crippen molar-refractivity contribution in [1.82, 2.24) is 0 Å². The summed E-state index contributed by atoms with van der Waals surface area (Å²) in [7, 11) is 3.07. The van der Waals surface area contributed by atoms with Gasteiger partial charge in [0.2, 0.25) is 0 Å². The van der Waals surface area contributed by atoms with Gasteiger partial charge in [-0.3, -0.25) is 0 Å². The zero-order valence-electron chi connectivity index (χ0n) is 23.2. The molecule has 8 heteroatoms. The number of carbonyl (C=O) groups excluding carboxylic acids is 2. The zero-order valence-corrected chi connectivity index (χ0v) is 23.2. The van der Waals surface area contributed by atoms with Crippen molar-refractivity contribution < 1.29 is 38.0 Å². The molecule has 0 radical (unpaired) electrons. The van der Waals surface area contributed by atoms with Crippen LogP contribution in [0.3, 0.4) is 0 Å². The first-order valence-electron chi connectivity index (χ1n) is 12.6. The number of fused-ring (bicyclic) bond motifs is 2. The van der Waals surface area contributed by atoms with Gasteiger partial charge in [-0.2, -0.15) is 0 Å². The average Bonchev–Trinajstić information content (AvgIpc) is 2.90. The molecule has 2 atom stereocenters. The molecule has 3 rings (SSSR count). The van der Waals surface area contributed by atoms with Gasteiger partial charge >= 0.3 is 11.9 Å². The monoisotopic (exact) mass is 536 g/mol. The number of esters is 2. The molecule has 0 saturated heterocycles. The first kappa shape index (κ1) is 29.7. The predicted octanol–water partition coefficient (Wildman–Crippen LogP) is 5.33.